The van der Waals surface area contributed by atoms with Gasteiger partial charge in [0.1, 0.15) is 0 Å². The Morgan fingerprint density at radius 3 is 1.95 bits per heavy atom. The Labute approximate surface area is 139 Å². The molecular weight excluding hydrogens is 332 g/mol. The van der Waals surface area contributed by atoms with Crippen LogP contribution < -0.4 is 5.32 Å². The topological polar surface area (TPSA) is 133 Å². The molecule has 0 radical (unpaired) electrons. The zero-order chi connectivity index (χ0) is 17.8. The van der Waals surface area contributed by atoms with Gasteiger partial charge in [-0.1, -0.05) is 11.8 Å². The van der Waals surface area contributed by atoms with Gasteiger partial charge in [0.2, 0.25) is 6.08 Å². The zero-order valence-electron chi connectivity index (χ0n) is 12.6. The number of aliphatic imine (C=N–C) groups is 1. The number of carbonyl (C=O) groups excluding carboxylic acids is 2. The standard InChI is InChI=1S/C6H11NO3S.C3H5NO.C3H6O2S/c1-2-7-6(10)11-4-3-5(8)9;1-2-4-3-5;4-3(5)1-2-6/h2-4H2,1H3,(H,7,10)(H,8,9);2H2,1H3;6H,1-2H2,(H,4,5). The molecule has 3 N–H and O–H groups in total. The smallest absolute Gasteiger partial charge is 0.304 e. The van der Waals surface area contributed by atoms with Crippen molar-refractivity contribution >= 4 is 47.6 Å². The van der Waals surface area contributed by atoms with E-state index in [0.717, 1.165) is 11.8 Å². The fourth-order valence-electron chi connectivity index (χ4n) is 0.587. The number of thioether (sulfide) groups is 1. The molecule has 22 heavy (non-hydrogen) atoms. The van der Waals surface area contributed by atoms with Gasteiger partial charge in [0, 0.05) is 24.6 Å². The Balaban J connectivity index is -0.000000277. The zero-order valence-corrected chi connectivity index (χ0v) is 14.3. The van der Waals surface area contributed by atoms with Crippen molar-refractivity contribution in [3.63, 3.8) is 0 Å². The van der Waals surface area contributed by atoms with Crippen LogP contribution in [0.15, 0.2) is 4.99 Å². The van der Waals surface area contributed by atoms with Gasteiger partial charge in [0.05, 0.1) is 12.8 Å². The van der Waals surface area contributed by atoms with Gasteiger partial charge in [0.25, 0.3) is 5.24 Å². The first-order valence-electron chi connectivity index (χ1n) is 6.34. The third-order valence-corrected chi connectivity index (χ3v) is 2.46. The molecule has 0 heterocycles. The summed E-state index contributed by atoms with van der Waals surface area (Å²) >= 11 is 4.68. The maximum absolute atomic E-state index is 10.7. The summed E-state index contributed by atoms with van der Waals surface area (Å²) < 4.78 is 0. The lowest BCUT2D eigenvalue weighted by atomic mass is 10.5. The Morgan fingerprint density at radius 2 is 1.73 bits per heavy atom. The molecule has 0 aliphatic rings. The number of nitrogens with zero attached hydrogens (tertiary/aromatic N) is 1. The second-order valence-electron chi connectivity index (χ2n) is 3.24. The molecule has 0 fully saturated rings. The van der Waals surface area contributed by atoms with Gasteiger partial charge in [-0.05, 0) is 13.8 Å². The molecule has 0 spiro atoms. The number of amides is 1. The Kier molecular flexibility index (Phi) is 25.2. The van der Waals surface area contributed by atoms with Crippen molar-refractivity contribution in [2.45, 2.75) is 26.7 Å². The molecule has 0 aromatic rings. The average molecular weight is 354 g/mol. The van der Waals surface area contributed by atoms with E-state index in [1.54, 1.807) is 6.92 Å². The predicted molar refractivity (Wildman–Crippen MR) is 88.6 cm³/mol. The number of hydrogen-bond donors (Lipinski definition) is 4. The van der Waals surface area contributed by atoms with Crippen molar-refractivity contribution in [2.75, 3.05) is 24.6 Å². The third kappa shape index (κ3) is 36.3. The highest BCUT2D eigenvalue weighted by Crippen LogP contribution is 2.02. The molecule has 0 aliphatic carbocycles. The van der Waals surface area contributed by atoms with E-state index in [-0.39, 0.29) is 18.1 Å². The predicted octanol–water partition coefficient (Wildman–Crippen LogP) is 1.66. The van der Waals surface area contributed by atoms with E-state index >= 15 is 0 Å². The molecule has 0 rings (SSSR count). The Bertz CT molecular complexity index is 360. The first-order chi connectivity index (χ1) is 10.3. The van der Waals surface area contributed by atoms with Gasteiger partial charge in [-0.25, -0.2) is 9.79 Å². The molecule has 128 valence electrons. The van der Waals surface area contributed by atoms with Crippen LogP contribution in [0.4, 0.5) is 4.79 Å². The summed E-state index contributed by atoms with van der Waals surface area (Å²) in [6, 6.07) is 0. The molecular formula is C12H22N2O6S2. The summed E-state index contributed by atoms with van der Waals surface area (Å²) in [5.74, 6) is -0.900. The minimum Gasteiger partial charge on any atom is -0.481 e. The van der Waals surface area contributed by atoms with Crippen molar-refractivity contribution in [1.29, 1.82) is 0 Å². The first kappa shape index (κ1) is 25.4. The summed E-state index contributed by atoms with van der Waals surface area (Å²) in [5, 5.41) is 18.5. The number of isocyanates is 1. The van der Waals surface area contributed by atoms with Crippen LogP contribution in [0.3, 0.4) is 0 Å². The van der Waals surface area contributed by atoms with Crippen LogP contribution in [0.2, 0.25) is 0 Å². The van der Waals surface area contributed by atoms with Crippen molar-refractivity contribution < 1.29 is 29.4 Å². The van der Waals surface area contributed by atoms with Gasteiger partial charge in [-0.3, -0.25) is 14.4 Å². The monoisotopic (exact) mass is 354 g/mol. The van der Waals surface area contributed by atoms with Crippen LogP contribution in [0.25, 0.3) is 0 Å². The lowest BCUT2D eigenvalue weighted by Crippen LogP contribution is -2.18. The fraction of sp³-hybridized carbons (Fsp3) is 0.667. The molecule has 0 saturated heterocycles. The summed E-state index contributed by atoms with van der Waals surface area (Å²) in [4.78, 5) is 42.5. The molecule has 0 bridgehead atoms. The Morgan fingerprint density at radius 1 is 1.18 bits per heavy atom. The number of aliphatic carboxylic acids is 2. The number of thiol groups is 1. The van der Waals surface area contributed by atoms with E-state index in [9.17, 15) is 14.4 Å². The minimum absolute atomic E-state index is 0.0296. The van der Waals surface area contributed by atoms with Gasteiger partial charge in [-0.15, -0.1) is 0 Å². The quantitative estimate of drug-likeness (QED) is 0.310. The van der Waals surface area contributed by atoms with Gasteiger partial charge < -0.3 is 15.5 Å². The summed E-state index contributed by atoms with van der Waals surface area (Å²) in [6.45, 7) is 4.73. The maximum atomic E-state index is 10.7. The highest BCUT2D eigenvalue weighted by Gasteiger charge is 2.01. The van der Waals surface area contributed by atoms with Gasteiger partial charge >= 0.3 is 11.9 Å². The van der Waals surface area contributed by atoms with Crippen LogP contribution in [0.5, 0.6) is 0 Å². The number of carboxylic acids is 2. The molecule has 0 saturated carbocycles. The second-order valence-corrected chi connectivity index (χ2v) is 4.76. The summed E-state index contributed by atoms with van der Waals surface area (Å²) in [6.07, 6.45) is 1.58. The molecule has 8 nitrogen and oxygen atoms in total. The van der Waals surface area contributed by atoms with Crippen LogP contribution in [0.1, 0.15) is 26.7 Å². The molecule has 1 amide bonds. The van der Waals surface area contributed by atoms with E-state index < -0.39 is 11.9 Å². The Hall–Kier alpha value is -1.51. The third-order valence-electron chi connectivity index (χ3n) is 1.42. The normalized spacial score (nSPS) is 8.14. The van der Waals surface area contributed by atoms with Crippen LogP contribution in [-0.2, 0) is 14.4 Å². The van der Waals surface area contributed by atoms with Crippen LogP contribution in [0, 0.1) is 0 Å². The van der Waals surface area contributed by atoms with Crippen molar-refractivity contribution in [3.05, 3.63) is 0 Å². The molecule has 0 aromatic carbocycles. The number of nitrogens with one attached hydrogen (secondary N) is 1. The number of rotatable bonds is 7. The van der Waals surface area contributed by atoms with E-state index in [4.69, 9.17) is 15.0 Å². The minimum atomic E-state index is -0.873. The van der Waals surface area contributed by atoms with Crippen LogP contribution in [-0.4, -0.2) is 58.1 Å². The average Bonchev–Trinajstić information content (AvgIpc) is 2.40. The number of carboxylic acid groups (broad SMARTS) is 2. The molecule has 10 heteroatoms. The molecule has 0 atom stereocenters. The highest BCUT2D eigenvalue weighted by molar-refractivity contribution is 8.13. The number of hydrogen-bond acceptors (Lipinski definition) is 7. The molecule has 0 unspecified atom stereocenters. The van der Waals surface area contributed by atoms with E-state index in [1.807, 2.05) is 6.92 Å². The van der Waals surface area contributed by atoms with E-state index in [2.05, 4.69) is 22.9 Å². The summed E-state index contributed by atoms with van der Waals surface area (Å²) in [7, 11) is 0. The fourth-order valence-corrected chi connectivity index (χ4v) is 1.49. The number of carbonyl (C=O) groups is 3. The lowest BCUT2D eigenvalue weighted by Gasteiger charge is -1.98. The van der Waals surface area contributed by atoms with Crippen molar-refractivity contribution in [2.24, 2.45) is 4.99 Å². The molecule has 0 aromatic heterocycles. The van der Waals surface area contributed by atoms with Crippen molar-refractivity contribution in [3.8, 4) is 0 Å². The first-order valence-corrected chi connectivity index (χ1v) is 7.96. The van der Waals surface area contributed by atoms with Gasteiger partial charge in [-0.2, -0.15) is 12.6 Å². The maximum Gasteiger partial charge on any atom is 0.304 e. The van der Waals surface area contributed by atoms with E-state index in [1.165, 1.54) is 6.08 Å². The van der Waals surface area contributed by atoms with Gasteiger partial charge in [0.15, 0.2) is 0 Å². The molecule has 0 aliphatic heterocycles. The van der Waals surface area contributed by atoms with E-state index in [0.29, 0.717) is 24.6 Å². The largest absolute Gasteiger partial charge is 0.481 e. The SMILES string of the molecule is CCN=C=O.CCNC(=O)SCCC(=O)O.O=C(O)CCS. The highest BCUT2D eigenvalue weighted by atomic mass is 32.2. The van der Waals surface area contributed by atoms with Crippen molar-refractivity contribution in [1.82, 2.24) is 5.32 Å². The summed E-state index contributed by atoms with van der Waals surface area (Å²) in [5.41, 5.74) is 0. The lowest BCUT2D eigenvalue weighted by molar-refractivity contribution is -0.137. The second kappa shape index (κ2) is 21.8. The van der Waals surface area contributed by atoms with Crippen LogP contribution >= 0.6 is 24.4 Å².